The Morgan fingerprint density at radius 1 is 0.968 bits per heavy atom. The molecule has 4 aromatic rings. The van der Waals surface area contributed by atoms with Gasteiger partial charge in [-0.2, -0.15) is 0 Å². The lowest BCUT2D eigenvalue weighted by molar-refractivity contribution is 0.0713. The van der Waals surface area contributed by atoms with Crippen LogP contribution in [0.4, 0.5) is 0 Å². The summed E-state index contributed by atoms with van der Waals surface area (Å²) in [5, 5.41) is 4.17. The summed E-state index contributed by atoms with van der Waals surface area (Å²) < 4.78 is 21.6. The molecule has 4 rings (SSSR count). The lowest BCUT2D eigenvalue weighted by atomic mass is 10.1. The summed E-state index contributed by atoms with van der Waals surface area (Å²) >= 11 is 0. The molecule has 0 atom stereocenters. The third kappa shape index (κ3) is 4.61. The predicted molar refractivity (Wildman–Crippen MR) is 114 cm³/mol. The van der Waals surface area contributed by atoms with Gasteiger partial charge in [-0.25, -0.2) is 0 Å². The van der Waals surface area contributed by atoms with Gasteiger partial charge in [0.05, 0.1) is 39.1 Å². The summed E-state index contributed by atoms with van der Waals surface area (Å²) in [7, 11) is 3.19. The molecule has 0 saturated carbocycles. The highest BCUT2D eigenvalue weighted by atomic mass is 16.5. The molecule has 0 radical (unpaired) electrons. The average molecular weight is 418 g/mol. The van der Waals surface area contributed by atoms with Gasteiger partial charge in [-0.05, 0) is 48.5 Å². The zero-order chi connectivity index (χ0) is 21.6. The third-order valence-corrected chi connectivity index (χ3v) is 4.84. The van der Waals surface area contributed by atoms with Crippen molar-refractivity contribution in [2.45, 2.75) is 13.1 Å². The molecule has 0 aliphatic heterocycles. The number of para-hydroxylation sites is 1. The van der Waals surface area contributed by atoms with Gasteiger partial charge in [0.25, 0.3) is 5.91 Å². The van der Waals surface area contributed by atoms with Gasteiger partial charge in [0.2, 0.25) is 0 Å². The summed E-state index contributed by atoms with van der Waals surface area (Å²) in [4.78, 5) is 14.9. The summed E-state index contributed by atoms with van der Waals surface area (Å²) in [6.45, 7) is 0.554. The maximum Gasteiger partial charge on any atom is 0.254 e. The van der Waals surface area contributed by atoms with E-state index in [-0.39, 0.29) is 12.5 Å². The number of hydrogen-bond donors (Lipinski definition) is 0. The maximum atomic E-state index is 13.2. The van der Waals surface area contributed by atoms with Crippen molar-refractivity contribution >= 4 is 5.91 Å². The molecule has 2 aromatic heterocycles. The molecule has 0 spiro atoms. The Morgan fingerprint density at radius 3 is 2.48 bits per heavy atom. The van der Waals surface area contributed by atoms with Crippen LogP contribution in [-0.2, 0) is 13.1 Å². The molecule has 0 aliphatic rings. The number of hydrogen-bond acceptors (Lipinski definition) is 6. The second-order valence-corrected chi connectivity index (χ2v) is 6.85. The molecule has 0 saturated heterocycles. The lowest BCUT2D eigenvalue weighted by Crippen LogP contribution is -2.30. The van der Waals surface area contributed by atoms with Crippen molar-refractivity contribution < 1.29 is 23.2 Å². The van der Waals surface area contributed by atoms with Gasteiger partial charge in [0, 0.05) is 11.6 Å². The van der Waals surface area contributed by atoms with Crippen LogP contribution in [0.1, 0.15) is 21.8 Å². The van der Waals surface area contributed by atoms with Crippen molar-refractivity contribution in [1.82, 2.24) is 10.1 Å². The average Bonchev–Trinajstić information content (AvgIpc) is 3.50. The molecule has 158 valence electrons. The van der Waals surface area contributed by atoms with Gasteiger partial charge in [0.15, 0.2) is 5.76 Å². The fraction of sp³-hybridized carbons (Fsp3) is 0.167. The Kier molecular flexibility index (Phi) is 6.03. The first-order valence-corrected chi connectivity index (χ1v) is 9.72. The second-order valence-electron chi connectivity index (χ2n) is 6.85. The minimum absolute atomic E-state index is 0.152. The fourth-order valence-corrected chi connectivity index (χ4v) is 3.26. The summed E-state index contributed by atoms with van der Waals surface area (Å²) in [5.41, 5.74) is 1.96. The minimum Gasteiger partial charge on any atom is -0.497 e. The lowest BCUT2D eigenvalue weighted by Gasteiger charge is -2.20. The van der Waals surface area contributed by atoms with E-state index in [1.807, 2.05) is 36.4 Å². The number of furan rings is 1. The van der Waals surface area contributed by atoms with Crippen LogP contribution in [0.2, 0.25) is 0 Å². The van der Waals surface area contributed by atoms with E-state index in [1.165, 1.54) is 0 Å². The molecule has 0 unspecified atom stereocenters. The van der Waals surface area contributed by atoms with E-state index < -0.39 is 0 Å². The predicted octanol–water partition coefficient (Wildman–Crippen LogP) is 4.79. The summed E-state index contributed by atoms with van der Waals surface area (Å²) in [5.74, 6) is 2.47. The summed E-state index contributed by atoms with van der Waals surface area (Å²) in [6.07, 6.45) is 1.58. The first-order valence-electron chi connectivity index (χ1n) is 9.72. The minimum atomic E-state index is -0.152. The van der Waals surface area contributed by atoms with Crippen LogP contribution in [0.25, 0.3) is 11.3 Å². The van der Waals surface area contributed by atoms with Crippen molar-refractivity contribution in [3.8, 4) is 22.8 Å². The van der Waals surface area contributed by atoms with Crippen molar-refractivity contribution in [3.63, 3.8) is 0 Å². The van der Waals surface area contributed by atoms with Crippen LogP contribution in [0, 0.1) is 0 Å². The van der Waals surface area contributed by atoms with Crippen LogP contribution in [0.15, 0.2) is 81.9 Å². The SMILES string of the molecule is COc1ccc(C(=O)N(Cc2cc(-c3ccccc3OC)on2)Cc2ccco2)cc1. The number of aromatic nitrogens is 1. The number of methoxy groups -OCH3 is 2. The maximum absolute atomic E-state index is 13.2. The van der Waals surface area contributed by atoms with Crippen LogP contribution in [-0.4, -0.2) is 30.2 Å². The monoisotopic (exact) mass is 418 g/mol. The molecule has 0 N–H and O–H groups in total. The van der Waals surface area contributed by atoms with Crippen molar-refractivity contribution in [2.75, 3.05) is 14.2 Å². The number of nitrogens with zero attached hydrogens (tertiary/aromatic N) is 2. The largest absolute Gasteiger partial charge is 0.497 e. The van der Waals surface area contributed by atoms with Crippen LogP contribution in [0.5, 0.6) is 11.5 Å². The smallest absolute Gasteiger partial charge is 0.254 e. The second kappa shape index (κ2) is 9.21. The molecule has 0 fully saturated rings. The number of rotatable bonds is 8. The van der Waals surface area contributed by atoms with E-state index in [4.69, 9.17) is 18.4 Å². The van der Waals surface area contributed by atoms with Gasteiger partial charge >= 0.3 is 0 Å². The molecule has 2 aromatic carbocycles. The molecule has 31 heavy (non-hydrogen) atoms. The standard InChI is InChI=1S/C24H22N2O5/c1-28-19-11-9-17(10-12-19)24(27)26(16-20-6-5-13-30-20)15-18-14-23(31-25-18)21-7-3-4-8-22(21)29-2/h3-14H,15-16H2,1-2H3. The van der Waals surface area contributed by atoms with Gasteiger partial charge < -0.3 is 23.3 Å². The van der Waals surface area contributed by atoms with Crippen molar-refractivity contribution in [1.29, 1.82) is 0 Å². The zero-order valence-electron chi connectivity index (χ0n) is 17.3. The number of carbonyl (C=O) groups is 1. The highest BCUT2D eigenvalue weighted by Crippen LogP contribution is 2.30. The number of ether oxygens (including phenoxy) is 2. The first-order chi connectivity index (χ1) is 15.2. The van der Waals surface area contributed by atoms with E-state index in [1.54, 1.807) is 55.7 Å². The molecule has 1 amide bonds. The molecule has 7 nitrogen and oxygen atoms in total. The topological polar surface area (TPSA) is 77.9 Å². The highest BCUT2D eigenvalue weighted by molar-refractivity contribution is 5.94. The molecule has 7 heteroatoms. The quantitative estimate of drug-likeness (QED) is 0.409. The van der Waals surface area contributed by atoms with Gasteiger partial charge in [-0.15, -0.1) is 0 Å². The number of amides is 1. The molecule has 0 aliphatic carbocycles. The Labute approximate surface area is 179 Å². The fourth-order valence-electron chi connectivity index (χ4n) is 3.26. The van der Waals surface area contributed by atoms with Gasteiger partial charge in [-0.1, -0.05) is 17.3 Å². The Hall–Kier alpha value is -4.00. The first kappa shape index (κ1) is 20.3. The zero-order valence-corrected chi connectivity index (χ0v) is 17.3. The molecule has 0 bridgehead atoms. The Bertz CT molecular complexity index is 1130. The van der Waals surface area contributed by atoms with E-state index in [2.05, 4.69) is 5.16 Å². The van der Waals surface area contributed by atoms with Crippen LogP contribution < -0.4 is 9.47 Å². The van der Waals surface area contributed by atoms with E-state index >= 15 is 0 Å². The van der Waals surface area contributed by atoms with Crippen LogP contribution >= 0.6 is 0 Å². The number of carbonyl (C=O) groups excluding carboxylic acids is 1. The number of benzene rings is 2. The van der Waals surface area contributed by atoms with E-state index in [9.17, 15) is 4.79 Å². The highest BCUT2D eigenvalue weighted by Gasteiger charge is 2.20. The third-order valence-electron chi connectivity index (χ3n) is 4.84. The van der Waals surface area contributed by atoms with Gasteiger partial charge in [-0.3, -0.25) is 4.79 Å². The van der Waals surface area contributed by atoms with E-state index in [0.29, 0.717) is 40.8 Å². The molecule has 2 heterocycles. The van der Waals surface area contributed by atoms with Gasteiger partial charge in [0.1, 0.15) is 23.0 Å². The van der Waals surface area contributed by atoms with E-state index in [0.717, 1.165) is 5.56 Å². The Balaban J connectivity index is 1.59. The molecular formula is C24H22N2O5. The summed E-state index contributed by atoms with van der Waals surface area (Å²) in [6, 6.07) is 20.0. The van der Waals surface area contributed by atoms with Crippen molar-refractivity contribution in [2.24, 2.45) is 0 Å². The van der Waals surface area contributed by atoms with Crippen molar-refractivity contribution in [3.05, 3.63) is 90.0 Å². The normalized spacial score (nSPS) is 10.6. The Morgan fingerprint density at radius 2 is 1.77 bits per heavy atom. The van der Waals surface area contributed by atoms with Crippen LogP contribution in [0.3, 0.4) is 0 Å². The molecular weight excluding hydrogens is 396 g/mol.